The van der Waals surface area contributed by atoms with Crippen molar-refractivity contribution in [1.29, 1.82) is 0 Å². The van der Waals surface area contributed by atoms with Crippen LogP contribution >= 0.6 is 0 Å². The van der Waals surface area contributed by atoms with Crippen LogP contribution in [0.25, 0.3) is 0 Å². The Bertz CT molecular complexity index is 581. The summed E-state index contributed by atoms with van der Waals surface area (Å²) in [5, 5.41) is 0. The van der Waals surface area contributed by atoms with E-state index >= 15 is 0 Å². The highest BCUT2D eigenvalue weighted by molar-refractivity contribution is 6.70. The van der Waals surface area contributed by atoms with Gasteiger partial charge in [0.25, 0.3) is 0 Å². The first kappa shape index (κ1) is 27.7. The Labute approximate surface area is 180 Å². The quantitative estimate of drug-likeness (QED) is 0.108. The smallest absolute Gasteiger partial charge is 0.313 e. The van der Waals surface area contributed by atoms with E-state index in [1.165, 1.54) is 7.11 Å². The summed E-state index contributed by atoms with van der Waals surface area (Å²) in [7, 11) is -2.31. The van der Waals surface area contributed by atoms with Crippen LogP contribution in [0.4, 0.5) is 0 Å². The molecule has 0 aromatic carbocycles. The SMILES string of the molecule is C=CC[C@H](C)C[C@@H](O[Si](C)(C)C)C(=C=C(OCC)O[Si](C)(C)C)CCC(=O)OC. The Hall–Kier alpha value is -1.28. The first-order valence-electron chi connectivity index (χ1n) is 10.5. The Kier molecular flexibility index (Phi) is 12.5. The highest BCUT2D eigenvalue weighted by Gasteiger charge is 2.27. The second kappa shape index (κ2) is 13.1. The fraction of sp³-hybridized carbons (Fsp3) is 0.727. The minimum absolute atomic E-state index is 0.151. The van der Waals surface area contributed by atoms with Crippen LogP contribution in [-0.4, -0.2) is 42.4 Å². The first-order valence-corrected chi connectivity index (χ1v) is 17.3. The van der Waals surface area contributed by atoms with Gasteiger partial charge in [-0.15, -0.1) is 6.58 Å². The predicted octanol–water partition coefficient (Wildman–Crippen LogP) is 6.02. The number of carbonyl (C=O) groups is 1. The number of carbonyl (C=O) groups excluding carboxylic acids is 1. The zero-order valence-electron chi connectivity index (χ0n) is 20.0. The van der Waals surface area contributed by atoms with Gasteiger partial charge in [0.05, 0.1) is 19.8 Å². The topological polar surface area (TPSA) is 54.0 Å². The molecule has 0 unspecified atom stereocenters. The van der Waals surface area contributed by atoms with Crippen LogP contribution in [0.2, 0.25) is 39.3 Å². The fourth-order valence-corrected chi connectivity index (χ4v) is 4.47. The summed E-state index contributed by atoms with van der Waals surface area (Å²) in [6.07, 6.45) is 4.28. The lowest BCUT2D eigenvalue weighted by Crippen LogP contribution is -2.34. The molecule has 0 aliphatic rings. The molecule has 0 heterocycles. The van der Waals surface area contributed by atoms with Gasteiger partial charge in [-0.05, 0) is 77.1 Å². The van der Waals surface area contributed by atoms with E-state index in [0.717, 1.165) is 18.4 Å². The van der Waals surface area contributed by atoms with Gasteiger partial charge in [-0.25, -0.2) is 0 Å². The van der Waals surface area contributed by atoms with Crippen LogP contribution in [0.5, 0.6) is 0 Å². The largest absolute Gasteiger partial charge is 0.514 e. The first-order chi connectivity index (χ1) is 13.3. The Balaban J connectivity index is 6.20. The minimum Gasteiger partial charge on any atom is -0.514 e. The molecule has 0 radical (unpaired) electrons. The van der Waals surface area contributed by atoms with Crippen LogP contribution in [-0.2, 0) is 23.1 Å². The Morgan fingerprint density at radius 3 is 2.17 bits per heavy atom. The molecule has 7 heteroatoms. The lowest BCUT2D eigenvalue weighted by atomic mass is 9.94. The normalized spacial score (nSPS) is 13.7. The lowest BCUT2D eigenvalue weighted by molar-refractivity contribution is -0.140. The van der Waals surface area contributed by atoms with E-state index in [1.807, 2.05) is 13.0 Å². The monoisotopic (exact) mass is 442 g/mol. The molecule has 0 saturated carbocycles. The van der Waals surface area contributed by atoms with Gasteiger partial charge in [0.2, 0.25) is 8.32 Å². The molecular weight excluding hydrogens is 400 g/mol. The van der Waals surface area contributed by atoms with Crippen molar-refractivity contribution < 1.29 is 23.1 Å². The van der Waals surface area contributed by atoms with Crippen molar-refractivity contribution in [2.75, 3.05) is 13.7 Å². The van der Waals surface area contributed by atoms with Crippen LogP contribution in [0.1, 0.15) is 39.5 Å². The molecule has 0 amide bonds. The zero-order chi connectivity index (χ0) is 22.7. The summed E-state index contributed by atoms with van der Waals surface area (Å²) in [5.74, 6) is 0.545. The van der Waals surface area contributed by atoms with E-state index in [-0.39, 0.29) is 18.5 Å². The second-order valence-electron chi connectivity index (χ2n) is 9.25. The number of ether oxygens (including phenoxy) is 2. The van der Waals surface area contributed by atoms with Crippen molar-refractivity contribution >= 4 is 22.6 Å². The molecule has 0 fully saturated rings. The molecule has 29 heavy (non-hydrogen) atoms. The number of methoxy groups -OCH3 is 1. The van der Waals surface area contributed by atoms with Gasteiger partial charge < -0.3 is 18.3 Å². The van der Waals surface area contributed by atoms with Crippen molar-refractivity contribution in [3.8, 4) is 0 Å². The van der Waals surface area contributed by atoms with E-state index < -0.39 is 16.6 Å². The van der Waals surface area contributed by atoms with Gasteiger partial charge in [0.1, 0.15) is 0 Å². The maximum Gasteiger partial charge on any atom is 0.313 e. The molecule has 0 rings (SSSR count). The standard InChI is InChI=1S/C22H42O5Si2/c1-11-13-18(3)16-20(26-28(5,6)7)19(14-15-21(23)24-4)17-22(25-12-2)27-29(8,9)10/h11,18,20H,1,12-16H2,2-10H3/t17?,18-,20+/m0/s1. The van der Waals surface area contributed by atoms with E-state index in [0.29, 0.717) is 24.9 Å². The second-order valence-corrected chi connectivity index (χ2v) is 18.1. The molecule has 0 aliphatic carbocycles. The van der Waals surface area contributed by atoms with Gasteiger partial charge in [-0.3, -0.25) is 4.79 Å². The van der Waals surface area contributed by atoms with Crippen molar-refractivity contribution in [2.45, 2.75) is 84.9 Å². The van der Waals surface area contributed by atoms with Crippen molar-refractivity contribution in [3.05, 3.63) is 29.9 Å². The van der Waals surface area contributed by atoms with Gasteiger partial charge >= 0.3 is 11.9 Å². The summed E-state index contributed by atoms with van der Waals surface area (Å²) in [4.78, 5) is 11.8. The number of allylic oxidation sites excluding steroid dienone is 1. The molecule has 0 aliphatic heterocycles. The maximum absolute atomic E-state index is 11.8. The van der Waals surface area contributed by atoms with Crippen LogP contribution in [0, 0.1) is 5.92 Å². The Morgan fingerprint density at radius 2 is 1.72 bits per heavy atom. The van der Waals surface area contributed by atoms with Gasteiger partial charge in [0, 0.05) is 12.0 Å². The summed E-state index contributed by atoms with van der Waals surface area (Å²) in [6, 6.07) is 0. The number of rotatable bonds is 14. The minimum atomic E-state index is -1.88. The van der Waals surface area contributed by atoms with E-state index in [1.54, 1.807) is 0 Å². The van der Waals surface area contributed by atoms with E-state index in [2.05, 4.69) is 58.5 Å². The zero-order valence-corrected chi connectivity index (χ0v) is 22.0. The molecule has 0 spiro atoms. The number of hydrogen-bond donors (Lipinski definition) is 0. The van der Waals surface area contributed by atoms with Crippen LogP contribution < -0.4 is 0 Å². The summed E-state index contributed by atoms with van der Waals surface area (Å²) in [6.45, 7) is 21.3. The van der Waals surface area contributed by atoms with Gasteiger partial charge in [-0.1, -0.05) is 13.0 Å². The molecule has 5 nitrogen and oxygen atoms in total. The summed E-state index contributed by atoms with van der Waals surface area (Å²) < 4.78 is 23.2. The molecule has 168 valence electrons. The third-order valence-electron chi connectivity index (χ3n) is 3.83. The molecular formula is C22H42O5Si2. The van der Waals surface area contributed by atoms with Gasteiger partial charge in [-0.2, -0.15) is 0 Å². The average Bonchev–Trinajstić information content (AvgIpc) is 2.55. The molecule has 0 saturated heterocycles. The third-order valence-corrected chi connectivity index (χ3v) is 5.62. The number of esters is 1. The molecule has 0 aromatic heterocycles. The lowest BCUT2D eigenvalue weighted by Gasteiger charge is -2.30. The highest BCUT2D eigenvalue weighted by atomic mass is 28.4. The average molecular weight is 443 g/mol. The number of hydrogen-bond acceptors (Lipinski definition) is 5. The van der Waals surface area contributed by atoms with Crippen molar-refractivity contribution in [2.24, 2.45) is 5.92 Å². The van der Waals surface area contributed by atoms with Gasteiger partial charge in [0.15, 0.2) is 8.32 Å². The molecule has 2 atom stereocenters. The summed E-state index contributed by atoms with van der Waals surface area (Å²) in [5.41, 5.74) is 4.25. The van der Waals surface area contributed by atoms with Crippen LogP contribution in [0.3, 0.4) is 0 Å². The van der Waals surface area contributed by atoms with Crippen LogP contribution in [0.15, 0.2) is 29.9 Å². The van der Waals surface area contributed by atoms with E-state index in [9.17, 15) is 4.79 Å². The Morgan fingerprint density at radius 1 is 1.10 bits per heavy atom. The van der Waals surface area contributed by atoms with E-state index in [4.69, 9.17) is 18.3 Å². The fourth-order valence-electron chi connectivity index (χ4n) is 2.71. The predicted molar refractivity (Wildman–Crippen MR) is 125 cm³/mol. The highest BCUT2D eigenvalue weighted by Crippen LogP contribution is 2.26. The van der Waals surface area contributed by atoms with Crippen molar-refractivity contribution in [3.63, 3.8) is 0 Å². The molecule has 0 N–H and O–H groups in total. The maximum atomic E-state index is 11.8. The summed E-state index contributed by atoms with van der Waals surface area (Å²) >= 11 is 0. The van der Waals surface area contributed by atoms with Crippen molar-refractivity contribution in [1.82, 2.24) is 0 Å². The molecule has 0 bridgehead atoms. The third kappa shape index (κ3) is 14.4. The molecule has 0 aromatic rings.